The van der Waals surface area contributed by atoms with Crippen LogP contribution in [0.3, 0.4) is 0 Å². The Morgan fingerprint density at radius 2 is 2.25 bits per heavy atom. The van der Waals surface area contributed by atoms with Crippen LogP contribution in [0.1, 0.15) is 37.6 Å². The van der Waals surface area contributed by atoms with Crippen molar-refractivity contribution in [3.63, 3.8) is 0 Å². The number of hydrogen-bond acceptors (Lipinski definition) is 4. The van der Waals surface area contributed by atoms with Gasteiger partial charge in [-0.05, 0) is 39.0 Å². The van der Waals surface area contributed by atoms with Crippen LogP contribution in [-0.2, 0) is 13.1 Å². The summed E-state index contributed by atoms with van der Waals surface area (Å²) < 4.78 is 0. The Balaban J connectivity index is 1.76. The van der Waals surface area contributed by atoms with Crippen molar-refractivity contribution in [3.8, 4) is 0 Å². The lowest BCUT2D eigenvalue weighted by Gasteiger charge is -2.13. The highest BCUT2D eigenvalue weighted by atomic mass is 16.3. The van der Waals surface area contributed by atoms with E-state index in [0.717, 1.165) is 37.2 Å². The van der Waals surface area contributed by atoms with E-state index in [1.807, 2.05) is 13.8 Å². The Morgan fingerprint density at radius 3 is 2.85 bits per heavy atom. The first kappa shape index (κ1) is 14.8. The van der Waals surface area contributed by atoms with Crippen LogP contribution in [-0.4, -0.2) is 38.8 Å². The number of aliphatic hydroxyl groups is 1. The molecule has 1 aromatic heterocycles. The van der Waals surface area contributed by atoms with Gasteiger partial charge in [0.15, 0.2) is 0 Å². The van der Waals surface area contributed by atoms with Gasteiger partial charge < -0.3 is 15.7 Å². The standard InChI is InChI=1S/C13H23N5O2/c1-3-18-16-9(2)12(17-18)7-14-13(20)15-11-5-4-10(6-11)8-19/h10-11,19H,3-8H2,1-2H3,(H2,14,15,20)/t10-,11+/m1/s1. The molecule has 0 aliphatic heterocycles. The van der Waals surface area contributed by atoms with E-state index >= 15 is 0 Å². The molecular weight excluding hydrogens is 258 g/mol. The van der Waals surface area contributed by atoms with Crippen molar-refractivity contribution in [1.82, 2.24) is 25.6 Å². The normalized spacial score (nSPS) is 21.9. The second-order valence-electron chi connectivity index (χ2n) is 5.31. The van der Waals surface area contributed by atoms with E-state index in [-0.39, 0.29) is 18.7 Å². The lowest BCUT2D eigenvalue weighted by Crippen LogP contribution is -2.40. The average molecular weight is 281 g/mol. The van der Waals surface area contributed by atoms with Gasteiger partial charge in [-0.3, -0.25) is 0 Å². The van der Waals surface area contributed by atoms with E-state index < -0.39 is 0 Å². The van der Waals surface area contributed by atoms with Gasteiger partial charge in [0.25, 0.3) is 0 Å². The fraction of sp³-hybridized carbons (Fsp3) is 0.769. The predicted octanol–water partition coefficient (Wildman–Crippen LogP) is 0.567. The molecule has 0 saturated heterocycles. The van der Waals surface area contributed by atoms with Crippen molar-refractivity contribution in [2.24, 2.45) is 5.92 Å². The first-order chi connectivity index (χ1) is 9.62. The number of carbonyl (C=O) groups is 1. The molecule has 2 rings (SSSR count). The van der Waals surface area contributed by atoms with Crippen molar-refractivity contribution in [3.05, 3.63) is 11.4 Å². The molecule has 0 bridgehead atoms. The van der Waals surface area contributed by atoms with Gasteiger partial charge in [-0.15, -0.1) is 0 Å². The largest absolute Gasteiger partial charge is 0.396 e. The summed E-state index contributed by atoms with van der Waals surface area (Å²) >= 11 is 0. The Kier molecular flexibility index (Phi) is 4.94. The van der Waals surface area contributed by atoms with Crippen LogP contribution < -0.4 is 10.6 Å². The van der Waals surface area contributed by atoms with Crippen molar-refractivity contribution in [1.29, 1.82) is 0 Å². The summed E-state index contributed by atoms with van der Waals surface area (Å²) in [5, 5.41) is 23.4. The Morgan fingerprint density at radius 1 is 1.45 bits per heavy atom. The minimum Gasteiger partial charge on any atom is -0.396 e. The zero-order valence-electron chi connectivity index (χ0n) is 12.1. The molecule has 112 valence electrons. The number of carbonyl (C=O) groups excluding carboxylic acids is 1. The number of nitrogens with zero attached hydrogens (tertiary/aromatic N) is 3. The Labute approximate surface area is 118 Å². The first-order valence-electron chi connectivity index (χ1n) is 7.18. The van der Waals surface area contributed by atoms with Crippen LogP contribution >= 0.6 is 0 Å². The summed E-state index contributed by atoms with van der Waals surface area (Å²) in [6, 6.07) is -0.0152. The van der Waals surface area contributed by atoms with Crippen molar-refractivity contribution in [2.75, 3.05) is 6.61 Å². The summed E-state index contributed by atoms with van der Waals surface area (Å²) in [5.41, 5.74) is 1.63. The molecule has 2 amide bonds. The first-order valence-corrected chi connectivity index (χ1v) is 7.18. The topological polar surface area (TPSA) is 92.1 Å². The summed E-state index contributed by atoms with van der Waals surface area (Å²) in [6.45, 7) is 5.17. The molecule has 1 aliphatic rings. The third-order valence-electron chi connectivity index (χ3n) is 3.75. The molecule has 1 aliphatic carbocycles. The molecule has 0 spiro atoms. The number of urea groups is 1. The lowest BCUT2D eigenvalue weighted by atomic mass is 10.1. The quantitative estimate of drug-likeness (QED) is 0.735. The molecular formula is C13H23N5O2. The van der Waals surface area contributed by atoms with Gasteiger partial charge in [0.2, 0.25) is 0 Å². The molecule has 0 radical (unpaired) electrons. The van der Waals surface area contributed by atoms with Gasteiger partial charge in [-0.1, -0.05) is 0 Å². The zero-order valence-corrected chi connectivity index (χ0v) is 12.1. The molecule has 0 unspecified atom stereocenters. The molecule has 1 heterocycles. The minimum atomic E-state index is -0.181. The van der Waals surface area contributed by atoms with Crippen LogP contribution in [0.25, 0.3) is 0 Å². The van der Waals surface area contributed by atoms with E-state index in [2.05, 4.69) is 20.8 Å². The second kappa shape index (κ2) is 6.69. The van der Waals surface area contributed by atoms with Crippen molar-refractivity contribution >= 4 is 6.03 Å². The lowest BCUT2D eigenvalue weighted by molar-refractivity contribution is 0.223. The number of aromatic nitrogens is 3. The summed E-state index contributed by atoms with van der Waals surface area (Å²) in [6.07, 6.45) is 2.77. The molecule has 1 saturated carbocycles. The van der Waals surface area contributed by atoms with Crippen LogP contribution in [0.15, 0.2) is 0 Å². The summed E-state index contributed by atoms with van der Waals surface area (Å²) in [7, 11) is 0. The van der Waals surface area contributed by atoms with E-state index in [0.29, 0.717) is 12.5 Å². The third kappa shape index (κ3) is 3.69. The maximum atomic E-state index is 11.8. The summed E-state index contributed by atoms with van der Waals surface area (Å²) in [4.78, 5) is 13.4. The molecule has 7 heteroatoms. The smallest absolute Gasteiger partial charge is 0.315 e. The van der Waals surface area contributed by atoms with Gasteiger partial charge in [-0.2, -0.15) is 15.0 Å². The number of hydrogen-bond donors (Lipinski definition) is 3. The van der Waals surface area contributed by atoms with Crippen LogP contribution in [0.4, 0.5) is 4.79 Å². The molecule has 7 nitrogen and oxygen atoms in total. The molecule has 1 aromatic rings. The van der Waals surface area contributed by atoms with Gasteiger partial charge in [-0.25, -0.2) is 4.79 Å². The van der Waals surface area contributed by atoms with Gasteiger partial charge in [0.05, 0.1) is 18.8 Å². The highest BCUT2D eigenvalue weighted by Crippen LogP contribution is 2.24. The summed E-state index contributed by atoms with van der Waals surface area (Å²) in [5.74, 6) is 0.326. The molecule has 20 heavy (non-hydrogen) atoms. The van der Waals surface area contributed by atoms with E-state index in [1.54, 1.807) is 4.80 Å². The second-order valence-corrected chi connectivity index (χ2v) is 5.31. The number of nitrogens with one attached hydrogen (secondary N) is 2. The minimum absolute atomic E-state index is 0.166. The van der Waals surface area contributed by atoms with Gasteiger partial charge in [0, 0.05) is 12.6 Å². The predicted molar refractivity (Wildman–Crippen MR) is 74.0 cm³/mol. The van der Waals surface area contributed by atoms with E-state index in [4.69, 9.17) is 5.11 Å². The van der Waals surface area contributed by atoms with E-state index in [9.17, 15) is 4.79 Å². The fourth-order valence-corrected chi connectivity index (χ4v) is 2.54. The highest BCUT2D eigenvalue weighted by molar-refractivity contribution is 5.74. The van der Waals surface area contributed by atoms with E-state index in [1.165, 1.54) is 0 Å². The SMILES string of the molecule is CCn1nc(C)c(CNC(=O)N[C@H]2CC[C@@H](CO)C2)n1. The molecule has 2 atom stereocenters. The number of aryl methyl sites for hydroxylation is 2. The van der Waals surface area contributed by atoms with Gasteiger partial charge in [0.1, 0.15) is 5.69 Å². The molecule has 1 fully saturated rings. The number of aliphatic hydroxyl groups excluding tert-OH is 1. The number of rotatable bonds is 5. The van der Waals surface area contributed by atoms with Gasteiger partial charge >= 0.3 is 6.03 Å². The highest BCUT2D eigenvalue weighted by Gasteiger charge is 2.25. The third-order valence-corrected chi connectivity index (χ3v) is 3.75. The molecule has 3 N–H and O–H groups in total. The maximum Gasteiger partial charge on any atom is 0.315 e. The zero-order chi connectivity index (χ0) is 14.5. The monoisotopic (exact) mass is 281 g/mol. The number of amides is 2. The van der Waals surface area contributed by atoms with Crippen LogP contribution in [0, 0.1) is 12.8 Å². The van der Waals surface area contributed by atoms with Crippen LogP contribution in [0.2, 0.25) is 0 Å². The fourth-order valence-electron chi connectivity index (χ4n) is 2.54. The Bertz CT molecular complexity index is 460. The van der Waals surface area contributed by atoms with Crippen molar-refractivity contribution in [2.45, 2.75) is 52.2 Å². The molecule has 0 aromatic carbocycles. The maximum absolute atomic E-state index is 11.8. The Hall–Kier alpha value is -1.63. The van der Waals surface area contributed by atoms with Crippen LogP contribution in [0.5, 0.6) is 0 Å². The van der Waals surface area contributed by atoms with Crippen molar-refractivity contribution < 1.29 is 9.90 Å². The average Bonchev–Trinajstić information content (AvgIpc) is 3.03.